The average Bonchev–Trinajstić information content (AvgIpc) is 2.82. The first kappa shape index (κ1) is 17.4. The van der Waals surface area contributed by atoms with Gasteiger partial charge in [0.05, 0.1) is 6.61 Å². The maximum Gasteiger partial charge on any atom is 0.122 e. The molecule has 3 atom stereocenters. The monoisotopic (exact) mass is 351 g/mol. The van der Waals surface area contributed by atoms with Gasteiger partial charge in [0, 0.05) is 18.4 Å². The summed E-state index contributed by atoms with van der Waals surface area (Å²) < 4.78 is 12.4. The summed E-state index contributed by atoms with van der Waals surface area (Å²) in [6.45, 7) is 5.33. The molecule has 0 amide bonds. The third-order valence-electron chi connectivity index (χ3n) is 5.76. The lowest BCUT2D eigenvalue weighted by molar-refractivity contribution is 0.130. The van der Waals surface area contributed by atoms with Crippen molar-refractivity contribution in [2.75, 3.05) is 26.7 Å². The van der Waals surface area contributed by atoms with Gasteiger partial charge in [0.1, 0.15) is 17.6 Å². The van der Waals surface area contributed by atoms with Crippen molar-refractivity contribution in [1.29, 1.82) is 0 Å². The van der Waals surface area contributed by atoms with E-state index in [1.54, 1.807) is 0 Å². The molecule has 2 aliphatic heterocycles. The van der Waals surface area contributed by atoms with Gasteiger partial charge in [-0.1, -0.05) is 37.3 Å². The zero-order valence-corrected chi connectivity index (χ0v) is 15.9. The van der Waals surface area contributed by atoms with Gasteiger partial charge in [0.25, 0.3) is 0 Å². The molecule has 26 heavy (non-hydrogen) atoms. The molecule has 0 spiro atoms. The summed E-state index contributed by atoms with van der Waals surface area (Å²) in [7, 11) is 2.21. The van der Waals surface area contributed by atoms with Crippen LogP contribution in [0.4, 0.5) is 0 Å². The molecule has 0 saturated carbocycles. The number of rotatable bonds is 3. The molecule has 2 heterocycles. The molecule has 0 bridgehead atoms. The van der Waals surface area contributed by atoms with Gasteiger partial charge in [0.2, 0.25) is 0 Å². The third-order valence-corrected chi connectivity index (χ3v) is 5.76. The van der Waals surface area contributed by atoms with E-state index in [2.05, 4.69) is 67.4 Å². The zero-order chi connectivity index (χ0) is 17.9. The van der Waals surface area contributed by atoms with Crippen LogP contribution in [-0.2, 0) is 6.42 Å². The molecule has 2 aliphatic rings. The standard InChI is InChI=1S/C23H29NO2/c1-17-15-24(2)12-6-9-22(17)26-21-10-11-23-19(14-21)13-20(16-25-23)18-7-4-3-5-8-18/h3-5,7-8,10-11,14,17,20,22H,6,9,12-13,15-16H2,1-2H3. The van der Waals surface area contributed by atoms with Gasteiger partial charge in [0.15, 0.2) is 0 Å². The molecular weight excluding hydrogens is 322 g/mol. The van der Waals surface area contributed by atoms with Crippen LogP contribution in [0.5, 0.6) is 11.5 Å². The minimum absolute atomic E-state index is 0.299. The van der Waals surface area contributed by atoms with Crippen LogP contribution in [-0.4, -0.2) is 37.7 Å². The molecule has 0 aromatic heterocycles. The molecule has 2 aromatic carbocycles. The molecule has 4 rings (SSSR count). The SMILES string of the molecule is CC1CN(C)CCCC1Oc1ccc2c(c1)CC(c1ccccc1)CO2. The average molecular weight is 351 g/mol. The van der Waals surface area contributed by atoms with E-state index in [-0.39, 0.29) is 0 Å². The van der Waals surface area contributed by atoms with E-state index in [0.717, 1.165) is 37.5 Å². The van der Waals surface area contributed by atoms with Gasteiger partial charge in [-0.05, 0) is 62.2 Å². The van der Waals surface area contributed by atoms with Crippen LogP contribution in [0.1, 0.15) is 36.8 Å². The summed E-state index contributed by atoms with van der Waals surface area (Å²) in [5, 5.41) is 0. The van der Waals surface area contributed by atoms with Crippen molar-refractivity contribution in [2.24, 2.45) is 5.92 Å². The topological polar surface area (TPSA) is 21.7 Å². The lowest BCUT2D eigenvalue weighted by Crippen LogP contribution is -2.30. The summed E-state index contributed by atoms with van der Waals surface area (Å²) in [5.41, 5.74) is 2.62. The summed E-state index contributed by atoms with van der Waals surface area (Å²) >= 11 is 0. The quantitative estimate of drug-likeness (QED) is 0.812. The molecule has 138 valence electrons. The number of ether oxygens (including phenoxy) is 2. The molecule has 3 unspecified atom stereocenters. The van der Waals surface area contributed by atoms with Crippen LogP contribution in [0, 0.1) is 5.92 Å². The largest absolute Gasteiger partial charge is 0.493 e. The Morgan fingerprint density at radius 1 is 1.12 bits per heavy atom. The number of hydrogen-bond acceptors (Lipinski definition) is 3. The fraction of sp³-hybridized carbons (Fsp3) is 0.478. The van der Waals surface area contributed by atoms with E-state index in [4.69, 9.17) is 9.47 Å². The summed E-state index contributed by atoms with van der Waals surface area (Å²) in [6.07, 6.45) is 3.65. The molecule has 3 heteroatoms. The lowest BCUT2D eigenvalue weighted by Gasteiger charge is -2.28. The highest BCUT2D eigenvalue weighted by atomic mass is 16.5. The zero-order valence-electron chi connectivity index (χ0n) is 15.9. The van der Waals surface area contributed by atoms with Crippen molar-refractivity contribution in [1.82, 2.24) is 4.90 Å². The minimum atomic E-state index is 0.299. The highest BCUT2D eigenvalue weighted by Crippen LogP contribution is 2.35. The normalized spacial score (nSPS) is 26.5. The highest BCUT2D eigenvalue weighted by Gasteiger charge is 2.25. The second-order valence-corrected chi connectivity index (χ2v) is 7.93. The van der Waals surface area contributed by atoms with E-state index in [1.807, 2.05) is 0 Å². The van der Waals surface area contributed by atoms with Crippen molar-refractivity contribution >= 4 is 0 Å². The van der Waals surface area contributed by atoms with Gasteiger partial charge < -0.3 is 14.4 Å². The molecular formula is C23H29NO2. The Kier molecular flexibility index (Phi) is 5.16. The third kappa shape index (κ3) is 3.88. The van der Waals surface area contributed by atoms with Crippen LogP contribution in [0.2, 0.25) is 0 Å². The predicted octanol–water partition coefficient (Wildman–Crippen LogP) is 4.51. The Balaban J connectivity index is 1.48. The first-order valence-electron chi connectivity index (χ1n) is 9.85. The Morgan fingerprint density at radius 3 is 2.81 bits per heavy atom. The summed E-state index contributed by atoms with van der Waals surface area (Å²) in [6, 6.07) is 17.0. The van der Waals surface area contributed by atoms with Gasteiger partial charge >= 0.3 is 0 Å². The van der Waals surface area contributed by atoms with E-state index < -0.39 is 0 Å². The van der Waals surface area contributed by atoms with Crippen molar-refractivity contribution in [3.8, 4) is 11.5 Å². The molecule has 0 N–H and O–H groups in total. The van der Waals surface area contributed by atoms with Crippen LogP contribution in [0.3, 0.4) is 0 Å². The number of likely N-dealkylation sites (tertiary alicyclic amines) is 1. The van der Waals surface area contributed by atoms with E-state index in [1.165, 1.54) is 24.1 Å². The van der Waals surface area contributed by atoms with Crippen LogP contribution in [0.15, 0.2) is 48.5 Å². The number of hydrogen-bond donors (Lipinski definition) is 0. The fourth-order valence-electron chi connectivity index (χ4n) is 4.28. The first-order valence-corrected chi connectivity index (χ1v) is 9.85. The van der Waals surface area contributed by atoms with Crippen LogP contribution in [0.25, 0.3) is 0 Å². The minimum Gasteiger partial charge on any atom is -0.493 e. The van der Waals surface area contributed by atoms with Gasteiger partial charge in [-0.3, -0.25) is 0 Å². The number of nitrogens with zero attached hydrogens (tertiary/aromatic N) is 1. The number of fused-ring (bicyclic) bond motifs is 1. The molecule has 2 aromatic rings. The Hall–Kier alpha value is -2.00. The first-order chi connectivity index (χ1) is 12.7. The second-order valence-electron chi connectivity index (χ2n) is 7.93. The number of benzene rings is 2. The molecule has 1 saturated heterocycles. The van der Waals surface area contributed by atoms with Crippen molar-refractivity contribution in [2.45, 2.75) is 38.2 Å². The smallest absolute Gasteiger partial charge is 0.122 e. The fourth-order valence-corrected chi connectivity index (χ4v) is 4.28. The van der Waals surface area contributed by atoms with Gasteiger partial charge in [-0.15, -0.1) is 0 Å². The Labute approximate surface area is 156 Å². The van der Waals surface area contributed by atoms with Crippen molar-refractivity contribution in [3.05, 3.63) is 59.7 Å². The second kappa shape index (κ2) is 7.71. The van der Waals surface area contributed by atoms with Crippen molar-refractivity contribution < 1.29 is 9.47 Å². The van der Waals surface area contributed by atoms with E-state index in [0.29, 0.717) is 17.9 Å². The molecule has 1 fully saturated rings. The molecule has 0 aliphatic carbocycles. The van der Waals surface area contributed by atoms with Gasteiger partial charge in [-0.2, -0.15) is 0 Å². The van der Waals surface area contributed by atoms with E-state index in [9.17, 15) is 0 Å². The van der Waals surface area contributed by atoms with Crippen LogP contribution < -0.4 is 9.47 Å². The lowest BCUT2D eigenvalue weighted by atomic mass is 9.90. The summed E-state index contributed by atoms with van der Waals surface area (Å²) in [4.78, 5) is 2.42. The highest BCUT2D eigenvalue weighted by molar-refractivity contribution is 5.43. The Morgan fingerprint density at radius 2 is 1.96 bits per heavy atom. The maximum atomic E-state index is 6.42. The molecule has 0 radical (unpaired) electrons. The maximum absolute atomic E-state index is 6.42. The van der Waals surface area contributed by atoms with Gasteiger partial charge in [-0.25, -0.2) is 0 Å². The van der Waals surface area contributed by atoms with Crippen molar-refractivity contribution in [3.63, 3.8) is 0 Å². The van der Waals surface area contributed by atoms with Crippen LogP contribution >= 0.6 is 0 Å². The Bertz CT molecular complexity index is 730. The van der Waals surface area contributed by atoms with E-state index >= 15 is 0 Å². The summed E-state index contributed by atoms with van der Waals surface area (Å²) in [5.74, 6) is 2.97. The predicted molar refractivity (Wildman–Crippen MR) is 105 cm³/mol. The molecule has 3 nitrogen and oxygen atoms in total.